The van der Waals surface area contributed by atoms with Gasteiger partial charge in [-0.05, 0) is 61.6 Å². The zero-order valence-corrected chi connectivity index (χ0v) is 19.0. The van der Waals surface area contributed by atoms with Gasteiger partial charge in [-0.3, -0.25) is 4.79 Å². The van der Waals surface area contributed by atoms with Crippen LogP contribution < -0.4 is 9.47 Å². The molecule has 2 fully saturated rings. The van der Waals surface area contributed by atoms with E-state index in [0.29, 0.717) is 48.9 Å². The van der Waals surface area contributed by atoms with Crippen LogP contribution in [0.25, 0.3) is 5.69 Å². The number of hydrogen-bond donors (Lipinski definition) is 1. The first kappa shape index (κ1) is 21.5. The van der Waals surface area contributed by atoms with Gasteiger partial charge in [0.2, 0.25) is 0 Å². The van der Waals surface area contributed by atoms with E-state index in [1.54, 1.807) is 20.3 Å². The maximum atomic E-state index is 13.5. The number of piperidine rings is 1. The van der Waals surface area contributed by atoms with Gasteiger partial charge in [-0.25, -0.2) is 4.68 Å². The van der Waals surface area contributed by atoms with Crippen LogP contribution in [0.1, 0.15) is 53.2 Å². The summed E-state index contributed by atoms with van der Waals surface area (Å²) in [6, 6.07) is 15.1. The lowest BCUT2D eigenvalue weighted by Gasteiger charge is -2.39. The highest BCUT2D eigenvalue weighted by Gasteiger charge is 2.37. The molecule has 2 heterocycles. The monoisotopic (exact) mass is 447 g/mol. The van der Waals surface area contributed by atoms with Crippen LogP contribution in [0, 0.1) is 0 Å². The number of ether oxygens (including phenoxy) is 2. The fourth-order valence-corrected chi connectivity index (χ4v) is 4.54. The van der Waals surface area contributed by atoms with Crippen molar-refractivity contribution >= 4 is 5.91 Å². The minimum atomic E-state index is -1.04. The molecule has 3 aromatic rings. The van der Waals surface area contributed by atoms with Crippen molar-refractivity contribution in [2.75, 3.05) is 27.3 Å². The van der Waals surface area contributed by atoms with Gasteiger partial charge >= 0.3 is 0 Å². The number of nitrogens with zero attached hydrogens (tertiary/aromatic N) is 3. The first-order chi connectivity index (χ1) is 16.0. The van der Waals surface area contributed by atoms with Crippen LogP contribution in [-0.2, 0) is 5.60 Å². The highest BCUT2D eigenvalue weighted by molar-refractivity contribution is 5.97. The summed E-state index contributed by atoms with van der Waals surface area (Å²) in [7, 11) is 3.18. The Labute approximate surface area is 193 Å². The van der Waals surface area contributed by atoms with E-state index in [4.69, 9.17) is 14.6 Å². The van der Waals surface area contributed by atoms with Gasteiger partial charge < -0.3 is 19.5 Å². The number of para-hydroxylation sites is 1. The van der Waals surface area contributed by atoms with Gasteiger partial charge in [-0.1, -0.05) is 12.1 Å². The van der Waals surface area contributed by atoms with Crippen LogP contribution in [-0.4, -0.2) is 53.0 Å². The Hall–Kier alpha value is -3.32. The Balaban J connectivity index is 1.34. The second kappa shape index (κ2) is 8.56. The number of rotatable bonds is 6. The first-order valence-electron chi connectivity index (χ1n) is 11.4. The molecule has 1 saturated heterocycles. The van der Waals surface area contributed by atoms with E-state index in [1.165, 1.54) is 12.8 Å². The molecule has 5 rings (SSSR count). The van der Waals surface area contributed by atoms with Crippen LogP contribution in [0.2, 0.25) is 0 Å². The molecule has 7 nitrogen and oxygen atoms in total. The lowest BCUT2D eigenvalue weighted by Crippen LogP contribution is -2.45. The predicted molar refractivity (Wildman–Crippen MR) is 124 cm³/mol. The van der Waals surface area contributed by atoms with Gasteiger partial charge in [0.25, 0.3) is 5.91 Å². The number of aliphatic hydroxyl groups is 1. The van der Waals surface area contributed by atoms with Gasteiger partial charge in [0.1, 0.15) is 11.5 Å². The van der Waals surface area contributed by atoms with Gasteiger partial charge in [0.15, 0.2) is 0 Å². The topological polar surface area (TPSA) is 76.8 Å². The number of amides is 1. The van der Waals surface area contributed by atoms with Gasteiger partial charge in [-0.15, -0.1) is 0 Å². The summed E-state index contributed by atoms with van der Waals surface area (Å²) in [6.45, 7) is 0.908. The lowest BCUT2D eigenvalue weighted by molar-refractivity contribution is -0.0214. The van der Waals surface area contributed by atoms with Crippen molar-refractivity contribution < 1.29 is 19.4 Å². The Morgan fingerprint density at radius 2 is 1.70 bits per heavy atom. The van der Waals surface area contributed by atoms with Gasteiger partial charge in [-0.2, -0.15) is 5.10 Å². The summed E-state index contributed by atoms with van der Waals surface area (Å²) in [5.74, 6) is 1.79. The van der Waals surface area contributed by atoms with Crippen LogP contribution >= 0.6 is 0 Å². The molecule has 33 heavy (non-hydrogen) atoms. The number of methoxy groups -OCH3 is 2. The second-order valence-electron chi connectivity index (χ2n) is 8.90. The molecule has 0 atom stereocenters. The molecule has 1 aliphatic heterocycles. The maximum absolute atomic E-state index is 13.5. The third kappa shape index (κ3) is 4.20. The maximum Gasteiger partial charge on any atom is 0.256 e. The molecule has 0 bridgehead atoms. The standard InChI is InChI=1S/C26H29N3O4/c1-32-20-15-19(16-21(17-20)33-2)26(31)10-13-28(14-11-26)25(30)22-5-3-4-6-24(22)29-12-9-23(27-29)18-7-8-18/h3-6,9,12,15-18,31H,7-8,10-11,13-14H2,1-2H3. The van der Waals surface area contributed by atoms with E-state index in [2.05, 4.69) is 0 Å². The minimum absolute atomic E-state index is 0.0423. The Morgan fingerprint density at radius 3 is 2.33 bits per heavy atom. The van der Waals surface area contributed by atoms with E-state index in [1.807, 2.05) is 58.2 Å². The fraction of sp³-hybridized carbons (Fsp3) is 0.385. The Kier molecular flexibility index (Phi) is 5.58. The average Bonchev–Trinajstić information content (AvgIpc) is 3.60. The number of aromatic nitrogens is 2. The zero-order chi connectivity index (χ0) is 23.0. The SMILES string of the molecule is COc1cc(OC)cc(C2(O)CCN(C(=O)c3ccccc3-n3ccc(C4CC4)n3)CC2)c1. The highest BCUT2D eigenvalue weighted by atomic mass is 16.5. The highest BCUT2D eigenvalue weighted by Crippen LogP contribution is 2.39. The van der Waals surface area contributed by atoms with Gasteiger partial charge in [0, 0.05) is 31.3 Å². The number of likely N-dealkylation sites (tertiary alicyclic amines) is 1. The van der Waals surface area contributed by atoms with Crippen LogP contribution in [0.5, 0.6) is 11.5 Å². The molecule has 7 heteroatoms. The Morgan fingerprint density at radius 1 is 1.03 bits per heavy atom. The van der Waals surface area contributed by atoms with E-state index in [9.17, 15) is 9.90 Å². The molecular formula is C26H29N3O4. The summed E-state index contributed by atoms with van der Waals surface area (Å²) in [5.41, 5.74) is 2.20. The van der Waals surface area contributed by atoms with E-state index in [0.717, 1.165) is 16.9 Å². The van der Waals surface area contributed by atoms with Crippen molar-refractivity contribution in [1.82, 2.24) is 14.7 Å². The molecule has 1 N–H and O–H groups in total. The molecule has 2 aromatic carbocycles. The smallest absolute Gasteiger partial charge is 0.256 e. The summed E-state index contributed by atoms with van der Waals surface area (Å²) < 4.78 is 12.5. The van der Waals surface area contributed by atoms with Crippen LogP contribution in [0.4, 0.5) is 0 Å². The van der Waals surface area contributed by atoms with Crippen molar-refractivity contribution in [3.63, 3.8) is 0 Å². The summed E-state index contributed by atoms with van der Waals surface area (Å²) in [5, 5.41) is 16.1. The second-order valence-corrected chi connectivity index (χ2v) is 8.90. The molecule has 1 saturated carbocycles. The molecular weight excluding hydrogens is 418 g/mol. The Bertz CT molecular complexity index is 1140. The zero-order valence-electron chi connectivity index (χ0n) is 19.0. The summed E-state index contributed by atoms with van der Waals surface area (Å²) in [6.07, 6.45) is 5.18. The number of hydrogen-bond acceptors (Lipinski definition) is 5. The normalized spacial score (nSPS) is 17.6. The van der Waals surface area contributed by atoms with Crippen molar-refractivity contribution in [2.24, 2.45) is 0 Å². The van der Waals surface area contributed by atoms with Crippen molar-refractivity contribution in [1.29, 1.82) is 0 Å². The quantitative estimate of drug-likeness (QED) is 0.620. The third-order valence-corrected chi connectivity index (χ3v) is 6.75. The molecule has 1 amide bonds. The average molecular weight is 448 g/mol. The molecule has 1 aliphatic carbocycles. The number of benzene rings is 2. The molecule has 0 spiro atoms. The molecule has 0 unspecified atom stereocenters. The molecule has 2 aliphatic rings. The predicted octanol–water partition coefficient (Wildman–Crippen LogP) is 3.89. The number of carbonyl (C=O) groups excluding carboxylic acids is 1. The van der Waals surface area contributed by atoms with Crippen LogP contribution in [0.3, 0.4) is 0 Å². The van der Waals surface area contributed by atoms with E-state index in [-0.39, 0.29) is 5.91 Å². The molecule has 172 valence electrons. The minimum Gasteiger partial charge on any atom is -0.497 e. The molecule has 1 aromatic heterocycles. The third-order valence-electron chi connectivity index (χ3n) is 6.75. The van der Waals surface area contributed by atoms with E-state index < -0.39 is 5.60 Å². The first-order valence-corrected chi connectivity index (χ1v) is 11.4. The lowest BCUT2D eigenvalue weighted by atomic mass is 9.84. The van der Waals surface area contributed by atoms with Crippen LogP contribution in [0.15, 0.2) is 54.7 Å². The van der Waals surface area contributed by atoms with Gasteiger partial charge in [0.05, 0.1) is 36.8 Å². The largest absolute Gasteiger partial charge is 0.497 e. The fourth-order valence-electron chi connectivity index (χ4n) is 4.54. The molecule has 0 radical (unpaired) electrons. The van der Waals surface area contributed by atoms with E-state index >= 15 is 0 Å². The summed E-state index contributed by atoms with van der Waals surface area (Å²) in [4.78, 5) is 15.3. The van der Waals surface area contributed by atoms with Crippen molar-refractivity contribution in [3.8, 4) is 17.2 Å². The summed E-state index contributed by atoms with van der Waals surface area (Å²) >= 11 is 0. The van der Waals surface area contributed by atoms with Crippen molar-refractivity contribution in [2.45, 2.75) is 37.2 Å². The number of carbonyl (C=O) groups is 1. The van der Waals surface area contributed by atoms with Crippen molar-refractivity contribution in [3.05, 3.63) is 71.5 Å².